The first-order valence-electron chi connectivity index (χ1n) is 4.83. The Labute approximate surface area is 79.8 Å². The van der Waals surface area contributed by atoms with E-state index in [4.69, 9.17) is 0 Å². The molecule has 1 aromatic rings. The molecule has 0 heterocycles. The molecule has 0 aromatic heterocycles. The Morgan fingerprint density at radius 2 is 1.92 bits per heavy atom. The highest BCUT2D eigenvalue weighted by Gasteiger charge is 2.12. The first-order valence-corrected chi connectivity index (χ1v) is 4.83. The summed E-state index contributed by atoms with van der Waals surface area (Å²) in [5.41, 5.74) is 1.13. The van der Waals surface area contributed by atoms with E-state index in [1.807, 2.05) is 44.2 Å². The van der Waals surface area contributed by atoms with Crippen molar-refractivity contribution in [1.82, 2.24) is 0 Å². The molecule has 13 heavy (non-hydrogen) atoms. The molecule has 0 fully saturated rings. The molecular weight excluding hydrogens is 160 g/mol. The Kier molecular flexibility index (Phi) is 3.69. The molecule has 1 aromatic carbocycles. The maximum atomic E-state index is 11.5. The van der Waals surface area contributed by atoms with Crippen LogP contribution in [-0.4, -0.2) is 5.78 Å². The normalized spacial score (nSPS) is 12.5. The second-order valence-corrected chi connectivity index (χ2v) is 3.35. The number of rotatable bonds is 4. The number of carbonyl (C=O) groups excluding carboxylic acids is 1. The molecule has 1 atom stereocenters. The van der Waals surface area contributed by atoms with E-state index in [0.717, 1.165) is 12.0 Å². The van der Waals surface area contributed by atoms with Crippen LogP contribution in [0.4, 0.5) is 0 Å². The average Bonchev–Trinajstić information content (AvgIpc) is 2.18. The highest BCUT2D eigenvalue weighted by Crippen LogP contribution is 2.17. The first kappa shape index (κ1) is 9.97. The van der Waals surface area contributed by atoms with Crippen LogP contribution in [0.2, 0.25) is 0 Å². The second-order valence-electron chi connectivity index (χ2n) is 3.35. The van der Waals surface area contributed by atoms with Gasteiger partial charge in [0.05, 0.1) is 0 Å². The molecule has 0 spiro atoms. The molecule has 0 saturated heterocycles. The molecule has 1 heteroatoms. The summed E-state index contributed by atoms with van der Waals surface area (Å²) in [6.07, 6.45) is 1.63. The molecule has 0 unspecified atom stereocenters. The molecule has 0 radical (unpaired) electrons. The predicted octanol–water partition coefficient (Wildman–Crippen LogP) is 3.16. The average molecular weight is 176 g/mol. The molecule has 1 nitrogen and oxygen atoms in total. The molecule has 0 bridgehead atoms. The number of hydrogen-bond acceptors (Lipinski definition) is 1. The van der Waals surface area contributed by atoms with E-state index in [1.54, 1.807) is 0 Å². The van der Waals surface area contributed by atoms with Crippen LogP contribution in [0.5, 0.6) is 0 Å². The smallest absolute Gasteiger partial charge is 0.140 e. The van der Waals surface area contributed by atoms with Gasteiger partial charge in [-0.15, -0.1) is 0 Å². The van der Waals surface area contributed by atoms with E-state index >= 15 is 0 Å². The SMILES string of the molecule is CCCC(=O)[C@@H](C)c1ccccc1. The van der Waals surface area contributed by atoms with Crippen LogP contribution < -0.4 is 0 Å². The van der Waals surface area contributed by atoms with E-state index in [-0.39, 0.29) is 5.92 Å². The van der Waals surface area contributed by atoms with Gasteiger partial charge in [0.15, 0.2) is 0 Å². The van der Waals surface area contributed by atoms with Gasteiger partial charge in [-0.05, 0) is 12.0 Å². The van der Waals surface area contributed by atoms with Gasteiger partial charge < -0.3 is 0 Å². The van der Waals surface area contributed by atoms with Crippen LogP contribution >= 0.6 is 0 Å². The number of benzene rings is 1. The highest BCUT2D eigenvalue weighted by molar-refractivity contribution is 5.85. The fourth-order valence-electron chi connectivity index (χ4n) is 1.39. The Balaban J connectivity index is 2.68. The van der Waals surface area contributed by atoms with Crippen LogP contribution in [0.3, 0.4) is 0 Å². The Morgan fingerprint density at radius 1 is 1.31 bits per heavy atom. The zero-order chi connectivity index (χ0) is 9.68. The van der Waals surface area contributed by atoms with E-state index < -0.39 is 0 Å². The number of Topliss-reactive ketones (excluding diaryl/α,β-unsaturated/α-hetero) is 1. The fourth-order valence-corrected chi connectivity index (χ4v) is 1.39. The van der Waals surface area contributed by atoms with Crippen molar-refractivity contribution in [3.05, 3.63) is 35.9 Å². The maximum Gasteiger partial charge on any atom is 0.140 e. The lowest BCUT2D eigenvalue weighted by molar-refractivity contribution is -0.120. The molecular formula is C12H16O. The maximum absolute atomic E-state index is 11.5. The van der Waals surface area contributed by atoms with Crippen molar-refractivity contribution < 1.29 is 4.79 Å². The van der Waals surface area contributed by atoms with Crippen LogP contribution in [0.15, 0.2) is 30.3 Å². The second kappa shape index (κ2) is 4.80. The monoisotopic (exact) mass is 176 g/mol. The fraction of sp³-hybridized carbons (Fsp3) is 0.417. The lowest BCUT2D eigenvalue weighted by Gasteiger charge is -2.09. The zero-order valence-electron chi connectivity index (χ0n) is 8.29. The third-order valence-corrected chi connectivity index (χ3v) is 2.28. The van der Waals surface area contributed by atoms with Crippen molar-refractivity contribution in [2.75, 3.05) is 0 Å². The Morgan fingerprint density at radius 3 is 2.46 bits per heavy atom. The first-order chi connectivity index (χ1) is 6.25. The zero-order valence-corrected chi connectivity index (χ0v) is 8.29. The minimum Gasteiger partial charge on any atom is -0.299 e. The van der Waals surface area contributed by atoms with Crippen LogP contribution in [-0.2, 0) is 4.79 Å². The summed E-state index contributed by atoms with van der Waals surface area (Å²) < 4.78 is 0. The summed E-state index contributed by atoms with van der Waals surface area (Å²) in [7, 11) is 0. The largest absolute Gasteiger partial charge is 0.299 e. The van der Waals surface area contributed by atoms with Gasteiger partial charge in [-0.1, -0.05) is 44.2 Å². The van der Waals surface area contributed by atoms with Crippen molar-refractivity contribution in [3.8, 4) is 0 Å². The van der Waals surface area contributed by atoms with Gasteiger partial charge in [-0.25, -0.2) is 0 Å². The summed E-state index contributed by atoms with van der Waals surface area (Å²) in [6, 6.07) is 9.95. The topological polar surface area (TPSA) is 17.1 Å². The molecule has 0 saturated carbocycles. The van der Waals surface area contributed by atoms with Gasteiger partial charge in [0.1, 0.15) is 5.78 Å². The third kappa shape index (κ3) is 2.69. The molecule has 0 aliphatic heterocycles. The summed E-state index contributed by atoms with van der Waals surface area (Å²) >= 11 is 0. The highest BCUT2D eigenvalue weighted by atomic mass is 16.1. The Bertz CT molecular complexity index is 264. The van der Waals surface area contributed by atoms with Gasteiger partial charge >= 0.3 is 0 Å². The summed E-state index contributed by atoms with van der Waals surface area (Å²) in [5, 5.41) is 0. The van der Waals surface area contributed by atoms with Crippen molar-refractivity contribution in [3.63, 3.8) is 0 Å². The van der Waals surface area contributed by atoms with Crippen molar-refractivity contribution in [1.29, 1.82) is 0 Å². The Hall–Kier alpha value is -1.11. The van der Waals surface area contributed by atoms with Gasteiger partial charge in [0.2, 0.25) is 0 Å². The standard InChI is InChI=1S/C12H16O/c1-3-7-12(13)10(2)11-8-5-4-6-9-11/h4-6,8-10H,3,7H2,1-2H3/t10-/m0/s1. The number of carbonyl (C=O) groups is 1. The van der Waals surface area contributed by atoms with Crippen molar-refractivity contribution in [2.45, 2.75) is 32.6 Å². The van der Waals surface area contributed by atoms with E-state index in [9.17, 15) is 4.79 Å². The van der Waals surface area contributed by atoms with Gasteiger partial charge in [0, 0.05) is 12.3 Å². The predicted molar refractivity (Wildman–Crippen MR) is 54.8 cm³/mol. The van der Waals surface area contributed by atoms with Crippen LogP contribution in [0.25, 0.3) is 0 Å². The van der Waals surface area contributed by atoms with Gasteiger partial charge in [0.25, 0.3) is 0 Å². The van der Waals surface area contributed by atoms with Gasteiger partial charge in [-0.3, -0.25) is 4.79 Å². The summed E-state index contributed by atoms with van der Waals surface area (Å²) in [6.45, 7) is 4.02. The van der Waals surface area contributed by atoms with Crippen LogP contribution in [0.1, 0.15) is 38.2 Å². The third-order valence-electron chi connectivity index (χ3n) is 2.28. The van der Waals surface area contributed by atoms with Crippen LogP contribution in [0, 0.1) is 0 Å². The molecule has 0 aliphatic carbocycles. The summed E-state index contributed by atoms with van der Waals surface area (Å²) in [4.78, 5) is 11.5. The van der Waals surface area contributed by atoms with Gasteiger partial charge in [-0.2, -0.15) is 0 Å². The molecule has 70 valence electrons. The van der Waals surface area contributed by atoms with Crippen molar-refractivity contribution >= 4 is 5.78 Å². The molecule has 1 rings (SSSR count). The lowest BCUT2D eigenvalue weighted by atomic mass is 9.94. The lowest BCUT2D eigenvalue weighted by Crippen LogP contribution is -2.08. The quantitative estimate of drug-likeness (QED) is 0.688. The molecule has 0 N–H and O–H groups in total. The minimum absolute atomic E-state index is 0.0566. The van der Waals surface area contributed by atoms with E-state index in [1.165, 1.54) is 0 Å². The summed E-state index contributed by atoms with van der Waals surface area (Å²) in [5.74, 6) is 0.398. The van der Waals surface area contributed by atoms with E-state index in [0.29, 0.717) is 12.2 Å². The number of ketones is 1. The molecule has 0 amide bonds. The number of hydrogen-bond donors (Lipinski definition) is 0. The van der Waals surface area contributed by atoms with Crippen molar-refractivity contribution in [2.24, 2.45) is 0 Å². The molecule has 0 aliphatic rings. The minimum atomic E-state index is 0.0566. The van der Waals surface area contributed by atoms with E-state index in [2.05, 4.69) is 0 Å².